The SMILES string of the molecule is CC1CCCCN1Cc1ccc(C2CCCC[N]2)n1C. The molecule has 2 atom stereocenters. The maximum atomic E-state index is 4.80. The zero-order valence-electron chi connectivity index (χ0n) is 13.0. The number of hydrogen-bond acceptors (Lipinski definition) is 1. The lowest BCUT2D eigenvalue weighted by atomic mass is 10.0. The van der Waals surface area contributed by atoms with Gasteiger partial charge in [-0.3, -0.25) is 4.90 Å². The average molecular weight is 274 g/mol. The smallest absolute Gasteiger partial charge is 0.0647 e. The van der Waals surface area contributed by atoms with Crippen molar-refractivity contribution < 1.29 is 0 Å². The van der Waals surface area contributed by atoms with E-state index in [1.54, 1.807) is 0 Å². The van der Waals surface area contributed by atoms with Crippen molar-refractivity contribution in [1.29, 1.82) is 0 Å². The molecule has 3 heterocycles. The van der Waals surface area contributed by atoms with Gasteiger partial charge in [-0.1, -0.05) is 12.8 Å². The first kappa shape index (κ1) is 14.2. The van der Waals surface area contributed by atoms with Crippen LogP contribution in [0.15, 0.2) is 12.1 Å². The molecule has 0 aromatic carbocycles. The van der Waals surface area contributed by atoms with Crippen molar-refractivity contribution in [1.82, 2.24) is 14.8 Å². The van der Waals surface area contributed by atoms with Crippen LogP contribution in [0.2, 0.25) is 0 Å². The van der Waals surface area contributed by atoms with Crippen LogP contribution in [-0.2, 0) is 13.6 Å². The molecule has 0 aliphatic carbocycles. The molecule has 1 aromatic heterocycles. The van der Waals surface area contributed by atoms with E-state index < -0.39 is 0 Å². The van der Waals surface area contributed by atoms with E-state index in [0.29, 0.717) is 6.04 Å². The van der Waals surface area contributed by atoms with E-state index in [2.05, 4.69) is 35.6 Å². The summed E-state index contributed by atoms with van der Waals surface area (Å²) in [6.45, 7) is 5.79. The second-order valence-corrected chi connectivity index (χ2v) is 6.54. The molecular formula is C17H28N3. The number of nitrogens with zero attached hydrogens (tertiary/aromatic N) is 3. The Balaban J connectivity index is 1.69. The lowest BCUT2D eigenvalue weighted by Crippen LogP contribution is -2.37. The van der Waals surface area contributed by atoms with Crippen LogP contribution in [0.1, 0.15) is 62.9 Å². The van der Waals surface area contributed by atoms with Crippen LogP contribution in [0.5, 0.6) is 0 Å². The molecule has 2 fully saturated rings. The van der Waals surface area contributed by atoms with E-state index in [1.807, 2.05) is 0 Å². The number of piperidine rings is 2. The molecule has 0 amide bonds. The zero-order chi connectivity index (χ0) is 13.9. The van der Waals surface area contributed by atoms with Gasteiger partial charge in [-0.25, -0.2) is 5.32 Å². The summed E-state index contributed by atoms with van der Waals surface area (Å²) in [5.74, 6) is 0. The Kier molecular flexibility index (Phi) is 4.47. The number of rotatable bonds is 3. The van der Waals surface area contributed by atoms with Crippen molar-refractivity contribution in [3.05, 3.63) is 23.5 Å². The first-order valence-corrected chi connectivity index (χ1v) is 8.31. The molecule has 3 heteroatoms. The standard InChI is InChI=1S/C17H28N3/c1-14-7-4-6-12-20(14)13-15-9-10-17(19(15)2)16-8-3-5-11-18-16/h9-10,14,16H,3-8,11-13H2,1-2H3. The highest BCUT2D eigenvalue weighted by Gasteiger charge is 2.22. The van der Waals surface area contributed by atoms with Gasteiger partial charge in [-0.15, -0.1) is 0 Å². The first-order chi connectivity index (χ1) is 9.75. The van der Waals surface area contributed by atoms with Gasteiger partial charge in [0.05, 0.1) is 6.04 Å². The molecule has 111 valence electrons. The van der Waals surface area contributed by atoms with Crippen molar-refractivity contribution in [2.75, 3.05) is 13.1 Å². The molecule has 1 radical (unpaired) electrons. The summed E-state index contributed by atoms with van der Waals surface area (Å²) < 4.78 is 2.40. The Hall–Kier alpha value is -0.800. The minimum Gasteiger partial charge on any atom is -0.349 e. The Labute approximate surface area is 123 Å². The largest absolute Gasteiger partial charge is 0.349 e. The van der Waals surface area contributed by atoms with Gasteiger partial charge < -0.3 is 4.57 Å². The van der Waals surface area contributed by atoms with Crippen molar-refractivity contribution >= 4 is 0 Å². The molecule has 2 aliphatic rings. The van der Waals surface area contributed by atoms with Gasteiger partial charge in [0.1, 0.15) is 0 Å². The van der Waals surface area contributed by atoms with Crippen LogP contribution < -0.4 is 5.32 Å². The van der Waals surface area contributed by atoms with Crippen molar-refractivity contribution in [3.63, 3.8) is 0 Å². The van der Waals surface area contributed by atoms with Gasteiger partial charge in [0.2, 0.25) is 0 Å². The molecule has 0 N–H and O–H groups in total. The predicted molar refractivity (Wildman–Crippen MR) is 82.7 cm³/mol. The van der Waals surface area contributed by atoms with E-state index in [0.717, 1.165) is 19.1 Å². The van der Waals surface area contributed by atoms with Crippen LogP contribution in [0, 0.1) is 0 Å². The number of likely N-dealkylation sites (tertiary alicyclic amines) is 1. The fourth-order valence-corrected chi connectivity index (χ4v) is 3.69. The fraction of sp³-hybridized carbons (Fsp3) is 0.765. The summed E-state index contributed by atoms with van der Waals surface area (Å²) in [7, 11) is 2.23. The fourth-order valence-electron chi connectivity index (χ4n) is 3.69. The Morgan fingerprint density at radius 1 is 1.15 bits per heavy atom. The van der Waals surface area contributed by atoms with E-state index >= 15 is 0 Å². The second kappa shape index (κ2) is 6.31. The molecule has 2 unspecified atom stereocenters. The average Bonchev–Trinajstić information content (AvgIpc) is 2.84. The minimum atomic E-state index is 0.446. The molecule has 3 nitrogen and oxygen atoms in total. The molecule has 2 saturated heterocycles. The topological polar surface area (TPSA) is 22.3 Å². The highest BCUT2D eigenvalue weighted by Crippen LogP contribution is 2.27. The summed E-state index contributed by atoms with van der Waals surface area (Å²) >= 11 is 0. The maximum absolute atomic E-state index is 4.80. The summed E-state index contributed by atoms with van der Waals surface area (Å²) in [6.07, 6.45) is 7.96. The van der Waals surface area contributed by atoms with Gasteiger partial charge in [0, 0.05) is 37.6 Å². The number of aromatic nitrogens is 1. The normalized spacial score (nSPS) is 28.7. The zero-order valence-corrected chi connectivity index (χ0v) is 13.0. The number of hydrogen-bond donors (Lipinski definition) is 0. The summed E-state index contributed by atoms with van der Waals surface area (Å²) in [5.41, 5.74) is 2.87. The van der Waals surface area contributed by atoms with Gasteiger partial charge in [0.25, 0.3) is 0 Å². The Morgan fingerprint density at radius 2 is 2.00 bits per heavy atom. The van der Waals surface area contributed by atoms with Crippen LogP contribution in [0.25, 0.3) is 0 Å². The second-order valence-electron chi connectivity index (χ2n) is 6.54. The Morgan fingerprint density at radius 3 is 2.75 bits per heavy atom. The highest BCUT2D eigenvalue weighted by atomic mass is 15.2. The molecule has 0 saturated carbocycles. The molecule has 2 aliphatic heterocycles. The van der Waals surface area contributed by atoms with E-state index in [-0.39, 0.29) is 0 Å². The maximum Gasteiger partial charge on any atom is 0.0647 e. The minimum absolute atomic E-state index is 0.446. The van der Waals surface area contributed by atoms with Crippen molar-refractivity contribution in [3.8, 4) is 0 Å². The van der Waals surface area contributed by atoms with Crippen LogP contribution in [0.4, 0.5) is 0 Å². The summed E-state index contributed by atoms with van der Waals surface area (Å²) in [4.78, 5) is 2.64. The Bertz CT molecular complexity index is 431. The van der Waals surface area contributed by atoms with Crippen molar-refractivity contribution in [2.24, 2.45) is 7.05 Å². The van der Waals surface area contributed by atoms with Crippen LogP contribution >= 0.6 is 0 Å². The van der Waals surface area contributed by atoms with Gasteiger partial charge >= 0.3 is 0 Å². The third-order valence-electron chi connectivity index (χ3n) is 5.15. The van der Waals surface area contributed by atoms with Gasteiger partial charge in [0.15, 0.2) is 0 Å². The molecule has 0 bridgehead atoms. The molecule has 20 heavy (non-hydrogen) atoms. The summed E-state index contributed by atoms with van der Waals surface area (Å²) in [5, 5.41) is 4.80. The third kappa shape index (κ3) is 2.94. The highest BCUT2D eigenvalue weighted by molar-refractivity contribution is 5.19. The summed E-state index contributed by atoms with van der Waals surface area (Å²) in [6, 6.07) is 5.81. The molecule has 3 rings (SSSR count). The van der Waals surface area contributed by atoms with E-state index in [4.69, 9.17) is 5.32 Å². The van der Waals surface area contributed by atoms with Gasteiger partial charge in [-0.2, -0.15) is 0 Å². The van der Waals surface area contributed by atoms with Crippen molar-refractivity contribution in [2.45, 2.75) is 64.1 Å². The molecule has 1 aromatic rings. The van der Waals surface area contributed by atoms with Gasteiger partial charge in [-0.05, 0) is 51.3 Å². The van der Waals surface area contributed by atoms with Crippen LogP contribution in [-0.4, -0.2) is 28.6 Å². The first-order valence-electron chi connectivity index (χ1n) is 8.31. The lowest BCUT2D eigenvalue weighted by molar-refractivity contribution is 0.149. The predicted octanol–water partition coefficient (Wildman–Crippen LogP) is 3.23. The van der Waals surface area contributed by atoms with E-state index in [9.17, 15) is 0 Å². The molecular weight excluding hydrogens is 246 g/mol. The quantitative estimate of drug-likeness (QED) is 0.829. The van der Waals surface area contributed by atoms with E-state index in [1.165, 1.54) is 56.5 Å². The van der Waals surface area contributed by atoms with Crippen LogP contribution in [0.3, 0.4) is 0 Å². The molecule has 0 spiro atoms. The monoisotopic (exact) mass is 274 g/mol. The third-order valence-corrected chi connectivity index (χ3v) is 5.15. The lowest BCUT2D eigenvalue weighted by Gasteiger charge is -2.33.